The summed E-state index contributed by atoms with van der Waals surface area (Å²) >= 11 is 1.38. The molecule has 0 saturated heterocycles. The Kier molecular flexibility index (Phi) is 7.48. The van der Waals surface area contributed by atoms with Crippen LogP contribution in [0.25, 0.3) is 10.2 Å². The molecule has 0 spiro atoms. The molecule has 8 heteroatoms. The molecule has 170 valence electrons. The lowest BCUT2D eigenvalue weighted by Crippen LogP contribution is -2.52. The summed E-state index contributed by atoms with van der Waals surface area (Å²) in [6.07, 6.45) is -1.30. The summed E-state index contributed by atoms with van der Waals surface area (Å²) in [7, 11) is 0. The molecular formula is C24H29N3O4S. The highest BCUT2D eigenvalue weighted by Gasteiger charge is 2.30. The van der Waals surface area contributed by atoms with Crippen molar-refractivity contribution in [2.75, 3.05) is 5.32 Å². The van der Waals surface area contributed by atoms with Gasteiger partial charge in [-0.05, 0) is 57.9 Å². The maximum Gasteiger partial charge on any atom is 0.408 e. The number of hydrogen-bond donors (Lipinski definition) is 2. The number of anilines is 1. The van der Waals surface area contributed by atoms with Gasteiger partial charge in [0.15, 0.2) is 5.13 Å². The molecule has 2 N–H and O–H groups in total. The van der Waals surface area contributed by atoms with E-state index in [-0.39, 0.29) is 0 Å². The first-order valence-corrected chi connectivity index (χ1v) is 11.3. The zero-order chi connectivity index (χ0) is 23.3. The third-order valence-corrected chi connectivity index (χ3v) is 5.49. The van der Waals surface area contributed by atoms with Crippen molar-refractivity contribution >= 4 is 38.7 Å². The average molecular weight is 456 g/mol. The zero-order valence-corrected chi connectivity index (χ0v) is 19.8. The van der Waals surface area contributed by atoms with Crippen LogP contribution >= 0.6 is 11.3 Å². The van der Waals surface area contributed by atoms with Crippen molar-refractivity contribution in [1.29, 1.82) is 0 Å². The molecule has 1 aromatic heterocycles. The van der Waals surface area contributed by atoms with E-state index in [4.69, 9.17) is 9.47 Å². The van der Waals surface area contributed by atoms with Crippen molar-refractivity contribution in [3.8, 4) is 0 Å². The quantitative estimate of drug-likeness (QED) is 0.521. The number of alkyl carbamates (subject to hydrolysis) is 1. The van der Waals surface area contributed by atoms with Crippen LogP contribution in [-0.2, 0) is 20.9 Å². The molecule has 0 aliphatic rings. The standard InChI is InChI=1S/C24H29N3O4S/c1-15-11-12-18-19(13-15)32-22(25-18)27-21(28)20(26-23(29)31-24(3,4)5)16(2)30-14-17-9-7-6-8-10-17/h6-13,16,20H,14H2,1-5H3,(H,26,29)(H,25,27,28). The predicted octanol–water partition coefficient (Wildman–Crippen LogP) is 5.04. The number of carbonyl (C=O) groups excluding carboxylic acids is 2. The van der Waals surface area contributed by atoms with Crippen molar-refractivity contribution in [2.45, 2.75) is 59.0 Å². The molecule has 0 saturated carbocycles. The Morgan fingerprint density at radius 2 is 1.84 bits per heavy atom. The van der Waals surface area contributed by atoms with E-state index in [0.29, 0.717) is 11.7 Å². The topological polar surface area (TPSA) is 89.6 Å². The van der Waals surface area contributed by atoms with Gasteiger partial charge in [0, 0.05) is 0 Å². The highest BCUT2D eigenvalue weighted by atomic mass is 32.1. The number of nitrogens with one attached hydrogen (secondary N) is 2. The smallest absolute Gasteiger partial charge is 0.408 e. The molecule has 1 heterocycles. The van der Waals surface area contributed by atoms with Gasteiger partial charge in [0.05, 0.1) is 22.9 Å². The van der Waals surface area contributed by atoms with E-state index in [9.17, 15) is 9.59 Å². The fourth-order valence-electron chi connectivity index (χ4n) is 3.00. The van der Waals surface area contributed by atoms with E-state index in [2.05, 4.69) is 15.6 Å². The van der Waals surface area contributed by atoms with E-state index < -0.39 is 29.7 Å². The number of amides is 2. The average Bonchev–Trinajstić information content (AvgIpc) is 3.10. The number of hydrogen-bond acceptors (Lipinski definition) is 6. The third kappa shape index (κ3) is 6.77. The minimum Gasteiger partial charge on any atom is -0.444 e. The van der Waals surface area contributed by atoms with Gasteiger partial charge in [-0.15, -0.1) is 0 Å². The van der Waals surface area contributed by atoms with Crippen LogP contribution in [0.15, 0.2) is 48.5 Å². The summed E-state index contributed by atoms with van der Waals surface area (Å²) in [4.78, 5) is 30.0. The number of thiazole rings is 1. The summed E-state index contributed by atoms with van der Waals surface area (Å²) in [5, 5.41) is 5.93. The van der Waals surface area contributed by atoms with Gasteiger partial charge in [-0.2, -0.15) is 0 Å². The van der Waals surface area contributed by atoms with Crippen molar-refractivity contribution in [1.82, 2.24) is 10.3 Å². The Balaban J connectivity index is 1.74. The maximum atomic E-state index is 13.1. The van der Waals surface area contributed by atoms with E-state index >= 15 is 0 Å². The maximum absolute atomic E-state index is 13.1. The zero-order valence-electron chi connectivity index (χ0n) is 19.0. The van der Waals surface area contributed by atoms with Gasteiger partial charge in [0.1, 0.15) is 11.6 Å². The summed E-state index contributed by atoms with van der Waals surface area (Å²) in [5.41, 5.74) is 2.20. The number of carbonyl (C=O) groups is 2. The number of fused-ring (bicyclic) bond motifs is 1. The van der Waals surface area contributed by atoms with Crippen LogP contribution in [0.3, 0.4) is 0 Å². The molecule has 0 fully saturated rings. The number of nitrogens with zero attached hydrogens (tertiary/aromatic N) is 1. The van der Waals surface area contributed by atoms with Crippen LogP contribution in [0.1, 0.15) is 38.8 Å². The second-order valence-electron chi connectivity index (χ2n) is 8.61. The lowest BCUT2D eigenvalue weighted by Gasteiger charge is -2.26. The van der Waals surface area contributed by atoms with E-state index in [0.717, 1.165) is 21.3 Å². The predicted molar refractivity (Wildman–Crippen MR) is 127 cm³/mol. The van der Waals surface area contributed by atoms with Crippen molar-refractivity contribution in [3.05, 3.63) is 59.7 Å². The first-order valence-electron chi connectivity index (χ1n) is 10.4. The highest BCUT2D eigenvalue weighted by molar-refractivity contribution is 7.22. The molecule has 0 aliphatic carbocycles. The monoisotopic (exact) mass is 455 g/mol. The van der Waals surface area contributed by atoms with Gasteiger partial charge in [-0.25, -0.2) is 9.78 Å². The fourth-order valence-corrected chi connectivity index (χ4v) is 3.96. The van der Waals surface area contributed by atoms with Crippen LogP contribution in [-0.4, -0.2) is 34.7 Å². The third-order valence-electron chi connectivity index (χ3n) is 4.55. The van der Waals surface area contributed by atoms with Crippen molar-refractivity contribution in [3.63, 3.8) is 0 Å². The van der Waals surface area contributed by atoms with Gasteiger partial charge < -0.3 is 20.1 Å². The summed E-state index contributed by atoms with van der Waals surface area (Å²) < 4.78 is 12.2. The normalized spacial score (nSPS) is 13.4. The van der Waals surface area contributed by atoms with E-state index in [1.165, 1.54) is 11.3 Å². The summed E-state index contributed by atoms with van der Waals surface area (Å²) in [6, 6.07) is 14.6. The lowest BCUT2D eigenvalue weighted by atomic mass is 10.1. The molecule has 3 aromatic rings. The summed E-state index contributed by atoms with van der Waals surface area (Å²) in [5.74, 6) is -0.424. The van der Waals surface area contributed by atoms with Crippen LogP contribution in [0.2, 0.25) is 0 Å². The fraction of sp³-hybridized carbons (Fsp3) is 0.375. The van der Waals surface area contributed by atoms with Crippen LogP contribution in [0, 0.1) is 6.92 Å². The second-order valence-corrected chi connectivity index (χ2v) is 9.64. The SMILES string of the molecule is Cc1ccc2nc(NC(=O)C(NC(=O)OC(C)(C)C)C(C)OCc3ccccc3)sc2c1. The Bertz CT molecular complexity index is 1080. The Hall–Kier alpha value is -2.97. The van der Waals surface area contributed by atoms with Crippen LogP contribution in [0.4, 0.5) is 9.93 Å². The molecule has 3 rings (SSSR count). The molecule has 2 unspecified atom stereocenters. The molecule has 2 aromatic carbocycles. The number of benzene rings is 2. The molecule has 0 radical (unpaired) electrons. The highest BCUT2D eigenvalue weighted by Crippen LogP contribution is 2.27. The first kappa shape index (κ1) is 23.7. The van der Waals surface area contributed by atoms with Crippen LogP contribution < -0.4 is 10.6 Å². The Labute approximate surface area is 192 Å². The lowest BCUT2D eigenvalue weighted by molar-refractivity contribution is -0.122. The number of ether oxygens (including phenoxy) is 2. The molecule has 2 amide bonds. The number of rotatable bonds is 7. The minimum atomic E-state index is -0.970. The van der Waals surface area contributed by atoms with Crippen molar-refractivity contribution in [2.24, 2.45) is 0 Å². The van der Waals surface area contributed by atoms with Gasteiger partial charge >= 0.3 is 6.09 Å². The molecular weight excluding hydrogens is 426 g/mol. The second kappa shape index (κ2) is 10.1. The van der Waals surface area contributed by atoms with Gasteiger partial charge in [-0.3, -0.25) is 4.79 Å². The first-order chi connectivity index (χ1) is 15.1. The van der Waals surface area contributed by atoms with E-state index in [1.54, 1.807) is 27.7 Å². The Morgan fingerprint density at radius 1 is 1.12 bits per heavy atom. The largest absolute Gasteiger partial charge is 0.444 e. The molecule has 0 aliphatic heterocycles. The molecule has 7 nitrogen and oxygen atoms in total. The molecule has 0 bridgehead atoms. The molecule has 2 atom stereocenters. The van der Waals surface area contributed by atoms with Gasteiger partial charge in [0.25, 0.3) is 5.91 Å². The number of aromatic nitrogens is 1. The Morgan fingerprint density at radius 3 is 2.53 bits per heavy atom. The number of aryl methyl sites for hydroxylation is 1. The molecule has 32 heavy (non-hydrogen) atoms. The van der Waals surface area contributed by atoms with Crippen molar-refractivity contribution < 1.29 is 19.1 Å². The van der Waals surface area contributed by atoms with E-state index in [1.807, 2.05) is 55.5 Å². The summed E-state index contributed by atoms with van der Waals surface area (Å²) in [6.45, 7) is 9.35. The minimum absolute atomic E-state index is 0.308. The van der Waals surface area contributed by atoms with Gasteiger partial charge in [0.2, 0.25) is 0 Å². The van der Waals surface area contributed by atoms with Gasteiger partial charge in [-0.1, -0.05) is 47.7 Å². The van der Waals surface area contributed by atoms with Crippen LogP contribution in [0.5, 0.6) is 0 Å².